The summed E-state index contributed by atoms with van der Waals surface area (Å²) in [7, 11) is 1.76. The molecule has 98 valence electrons. The summed E-state index contributed by atoms with van der Waals surface area (Å²) in [5.41, 5.74) is 1.61. The molecule has 18 heavy (non-hydrogen) atoms. The number of benzene rings is 1. The third kappa shape index (κ3) is 2.37. The number of hydrogen-bond acceptors (Lipinski definition) is 4. The highest BCUT2D eigenvalue weighted by atomic mass is 79.9. The third-order valence-corrected chi connectivity index (χ3v) is 3.48. The lowest BCUT2D eigenvalue weighted by atomic mass is 9.99. The molecule has 0 spiro atoms. The van der Waals surface area contributed by atoms with Crippen LogP contribution < -0.4 is 14.8 Å². The van der Waals surface area contributed by atoms with E-state index in [-0.39, 0.29) is 5.78 Å². The van der Waals surface area contributed by atoms with Gasteiger partial charge in [-0.2, -0.15) is 0 Å². The van der Waals surface area contributed by atoms with Gasteiger partial charge in [-0.3, -0.25) is 4.79 Å². The molecular formula is C13H16BrNO3. The number of Topliss-reactive ketones (excluding diaryl/α,β-unsaturated/α-hetero) is 1. The predicted octanol–water partition coefficient (Wildman–Crippen LogP) is 2.18. The van der Waals surface area contributed by atoms with E-state index >= 15 is 0 Å². The van der Waals surface area contributed by atoms with Gasteiger partial charge in [0.1, 0.15) is 13.2 Å². The average Bonchev–Trinajstić information content (AvgIpc) is 2.37. The fourth-order valence-corrected chi connectivity index (χ4v) is 2.78. The van der Waals surface area contributed by atoms with Gasteiger partial charge in [0, 0.05) is 15.6 Å². The number of ether oxygens (including phenoxy) is 2. The van der Waals surface area contributed by atoms with Gasteiger partial charge >= 0.3 is 0 Å². The molecule has 1 aliphatic heterocycles. The SMILES string of the molecule is CCc1c2c(cc(Br)c1C(=O)CNC)OCCO2. The molecule has 1 aliphatic rings. The van der Waals surface area contributed by atoms with Crippen molar-refractivity contribution in [1.29, 1.82) is 0 Å². The normalized spacial score (nSPS) is 13.5. The fourth-order valence-electron chi connectivity index (χ4n) is 2.11. The van der Waals surface area contributed by atoms with E-state index in [0.29, 0.717) is 36.8 Å². The lowest BCUT2D eigenvalue weighted by Gasteiger charge is -2.23. The number of hydrogen-bond donors (Lipinski definition) is 1. The van der Waals surface area contributed by atoms with E-state index in [1.165, 1.54) is 0 Å². The van der Waals surface area contributed by atoms with Crippen LogP contribution in [0.2, 0.25) is 0 Å². The molecule has 5 heteroatoms. The second kappa shape index (κ2) is 5.71. The number of rotatable bonds is 4. The monoisotopic (exact) mass is 313 g/mol. The molecular weight excluding hydrogens is 298 g/mol. The van der Waals surface area contributed by atoms with Gasteiger partial charge < -0.3 is 14.8 Å². The van der Waals surface area contributed by atoms with E-state index in [9.17, 15) is 4.79 Å². The Morgan fingerprint density at radius 1 is 1.44 bits per heavy atom. The summed E-state index contributed by atoms with van der Waals surface area (Å²) in [5.74, 6) is 1.48. The predicted molar refractivity (Wildman–Crippen MR) is 72.8 cm³/mol. The number of carbonyl (C=O) groups excluding carboxylic acids is 1. The smallest absolute Gasteiger partial charge is 0.178 e. The number of nitrogens with one attached hydrogen (secondary N) is 1. The Hall–Kier alpha value is -1.07. The molecule has 1 N–H and O–H groups in total. The van der Waals surface area contributed by atoms with Crippen molar-refractivity contribution in [2.75, 3.05) is 26.8 Å². The average molecular weight is 314 g/mol. The largest absolute Gasteiger partial charge is 0.486 e. The first-order chi connectivity index (χ1) is 8.69. The molecule has 2 rings (SSSR count). The molecule has 0 aromatic heterocycles. The zero-order valence-electron chi connectivity index (χ0n) is 10.5. The van der Waals surface area contributed by atoms with Crippen LogP contribution >= 0.6 is 15.9 Å². The summed E-state index contributed by atoms with van der Waals surface area (Å²) < 4.78 is 12.0. The number of carbonyl (C=O) groups is 1. The van der Waals surface area contributed by atoms with Crippen molar-refractivity contribution >= 4 is 21.7 Å². The van der Waals surface area contributed by atoms with Gasteiger partial charge in [0.25, 0.3) is 0 Å². The molecule has 0 fully saturated rings. The highest BCUT2D eigenvalue weighted by Gasteiger charge is 2.24. The Labute approximate surface area is 115 Å². The first kappa shape index (κ1) is 13.4. The highest BCUT2D eigenvalue weighted by Crippen LogP contribution is 2.40. The number of likely N-dealkylation sites (N-methyl/N-ethyl adjacent to an activating group) is 1. The van der Waals surface area contributed by atoms with Gasteiger partial charge in [-0.05, 0) is 35.5 Å². The molecule has 4 nitrogen and oxygen atoms in total. The van der Waals surface area contributed by atoms with Crippen LogP contribution in [0.3, 0.4) is 0 Å². The van der Waals surface area contributed by atoms with Crippen molar-refractivity contribution in [2.24, 2.45) is 0 Å². The Morgan fingerprint density at radius 2 is 2.17 bits per heavy atom. The molecule has 0 amide bonds. The van der Waals surface area contributed by atoms with Crippen molar-refractivity contribution in [3.63, 3.8) is 0 Å². The van der Waals surface area contributed by atoms with E-state index in [0.717, 1.165) is 16.5 Å². The quantitative estimate of drug-likeness (QED) is 0.866. The van der Waals surface area contributed by atoms with Crippen molar-refractivity contribution in [1.82, 2.24) is 5.32 Å². The van der Waals surface area contributed by atoms with Gasteiger partial charge in [0.15, 0.2) is 17.3 Å². The first-order valence-electron chi connectivity index (χ1n) is 5.97. The summed E-state index contributed by atoms with van der Waals surface area (Å²) in [6.07, 6.45) is 0.732. The lowest BCUT2D eigenvalue weighted by molar-refractivity contribution is 0.0990. The maximum absolute atomic E-state index is 12.1. The van der Waals surface area contributed by atoms with Crippen LogP contribution in [0.15, 0.2) is 10.5 Å². The summed E-state index contributed by atoms with van der Waals surface area (Å²) in [6, 6.07) is 1.82. The van der Waals surface area contributed by atoms with Crippen molar-refractivity contribution in [3.8, 4) is 11.5 Å². The van der Waals surface area contributed by atoms with Crippen LogP contribution in [-0.2, 0) is 6.42 Å². The van der Waals surface area contributed by atoms with Crippen molar-refractivity contribution in [2.45, 2.75) is 13.3 Å². The van der Waals surface area contributed by atoms with Crippen LogP contribution in [0.1, 0.15) is 22.8 Å². The Bertz CT molecular complexity index is 474. The summed E-state index contributed by atoms with van der Waals surface area (Å²) in [4.78, 5) is 12.1. The topological polar surface area (TPSA) is 47.6 Å². The van der Waals surface area contributed by atoms with Crippen LogP contribution in [0, 0.1) is 0 Å². The zero-order chi connectivity index (χ0) is 13.1. The fraction of sp³-hybridized carbons (Fsp3) is 0.462. The molecule has 1 aromatic carbocycles. The zero-order valence-corrected chi connectivity index (χ0v) is 12.1. The van der Waals surface area contributed by atoms with E-state index in [1.54, 1.807) is 7.05 Å². The van der Waals surface area contributed by atoms with Crippen molar-refractivity contribution in [3.05, 3.63) is 21.7 Å². The summed E-state index contributed by atoms with van der Waals surface area (Å²) >= 11 is 3.45. The Balaban J connectivity index is 2.54. The van der Waals surface area contributed by atoms with Crippen LogP contribution in [-0.4, -0.2) is 32.6 Å². The first-order valence-corrected chi connectivity index (χ1v) is 6.77. The maximum atomic E-state index is 12.1. The molecule has 1 heterocycles. The Morgan fingerprint density at radius 3 is 2.83 bits per heavy atom. The highest BCUT2D eigenvalue weighted by molar-refractivity contribution is 9.10. The summed E-state index contributed by atoms with van der Waals surface area (Å²) in [6.45, 7) is 3.40. The molecule has 0 saturated heterocycles. The second-order valence-electron chi connectivity index (χ2n) is 4.04. The standard InChI is InChI=1S/C13H16BrNO3/c1-3-8-12(10(16)7-15-2)9(14)6-11-13(8)18-5-4-17-11/h6,15H,3-5,7H2,1-2H3. The van der Waals surface area contributed by atoms with E-state index < -0.39 is 0 Å². The van der Waals surface area contributed by atoms with Crippen LogP contribution in [0.4, 0.5) is 0 Å². The number of ketones is 1. The molecule has 0 radical (unpaired) electrons. The minimum absolute atomic E-state index is 0.0539. The molecule has 0 aliphatic carbocycles. The van der Waals surface area contributed by atoms with Gasteiger partial charge in [0.2, 0.25) is 0 Å². The summed E-state index contributed by atoms with van der Waals surface area (Å²) in [5, 5.41) is 2.88. The van der Waals surface area contributed by atoms with Crippen LogP contribution in [0.5, 0.6) is 11.5 Å². The van der Waals surface area contributed by atoms with E-state index in [4.69, 9.17) is 9.47 Å². The van der Waals surface area contributed by atoms with Crippen LogP contribution in [0.25, 0.3) is 0 Å². The maximum Gasteiger partial charge on any atom is 0.178 e. The third-order valence-electron chi connectivity index (χ3n) is 2.85. The molecule has 1 aromatic rings. The molecule has 0 saturated carbocycles. The van der Waals surface area contributed by atoms with Gasteiger partial charge in [-0.1, -0.05) is 6.92 Å². The second-order valence-corrected chi connectivity index (χ2v) is 4.90. The van der Waals surface area contributed by atoms with Crippen molar-refractivity contribution < 1.29 is 14.3 Å². The number of fused-ring (bicyclic) bond motifs is 1. The molecule has 0 atom stereocenters. The van der Waals surface area contributed by atoms with Gasteiger partial charge in [-0.25, -0.2) is 0 Å². The minimum atomic E-state index is 0.0539. The van der Waals surface area contributed by atoms with Gasteiger partial charge in [0.05, 0.1) is 6.54 Å². The van der Waals surface area contributed by atoms with E-state index in [2.05, 4.69) is 21.2 Å². The lowest BCUT2D eigenvalue weighted by Crippen LogP contribution is -2.22. The minimum Gasteiger partial charge on any atom is -0.486 e. The Kier molecular flexibility index (Phi) is 4.24. The van der Waals surface area contributed by atoms with Gasteiger partial charge in [-0.15, -0.1) is 0 Å². The molecule has 0 bridgehead atoms. The van der Waals surface area contributed by atoms with E-state index in [1.807, 2.05) is 13.0 Å². The molecule has 0 unspecified atom stereocenters. The number of halogens is 1.